The predicted octanol–water partition coefficient (Wildman–Crippen LogP) is 0.564. The number of epoxide rings is 1. The second-order valence-electron chi connectivity index (χ2n) is 2.81. The summed E-state index contributed by atoms with van der Waals surface area (Å²) in [7, 11) is 0. The van der Waals surface area contributed by atoms with E-state index in [2.05, 4.69) is 4.74 Å². The second-order valence-corrected chi connectivity index (χ2v) is 2.81. The Bertz CT molecular complexity index is 75.8. The van der Waals surface area contributed by atoms with E-state index in [1.807, 2.05) is 0 Å². The van der Waals surface area contributed by atoms with Crippen molar-refractivity contribution >= 4 is 0 Å². The minimum atomic E-state index is 0.190. The molecule has 0 bridgehead atoms. The smallest absolute Gasteiger partial charge is 0.104 e. The highest BCUT2D eigenvalue weighted by Gasteiger charge is 2.19. The lowest BCUT2D eigenvalue weighted by atomic mass is 10.2. The van der Waals surface area contributed by atoms with E-state index in [-0.39, 0.29) is 12.7 Å². The summed E-state index contributed by atoms with van der Waals surface area (Å²) in [6.45, 7) is 2.95. The first-order chi connectivity index (χ1) is 5.43. The zero-order valence-corrected chi connectivity index (χ0v) is 6.79. The molecule has 2 aliphatic heterocycles. The van der Waals surface area contributed by atoms with Crippen molar-refractivity contribution in [3.8, 4) is 0 Å². The molecule has 2 fully saturated rings. The summed E-state index contributed by atoms with van der Waals surface area (Å²) in [5, 5.41) is 8.08. The summed E-state index contributed by atoms with van der Waals surface area (Å²) in [4.78, 5) is 0. The first-order valence-corrected chi connectivity index (χ1v) is 4.23. The van der Waals surface area contributed by atoms with Crippen LogP contribution in [0.15, 0.2) is 0 Å². The normalized spacial score (nSPS) is 28.6. The first-order valence-electron chi connectivity index (χ1n) is 4.23. The van der Waals surface area contributed by atoms with Gasteiger partial charge in [-0.3, -0.25) is 0 Å². The van der Waals surface area contributed by atoms with Crippen LogP contribution in [-0.4, -0.2) is 37.6 Å². The molecule has 1 N–H and O–H groups in total. The van der Waals surface area contributed by atoms with Crippen LogP contribution in [0.3, 0.4) is 0 Å². The molecule has 0 amide bonds. The third kappa shape index (κ3) is 5.18. The summed E-state index contributed by atoms with van der Waals surface area (Å²) in [5.41, 5.74) is 0. The number of ether oxygens (including phenoxy) is 2. The topological polar surface area (TPSA) is 42.0 Å². The highest BCUT2D eigenvalue weighted by molar-refractivity contribution is 4.65. The average molecular weight is 160 g/mol. The fraction of sp³-hybridized carbons (Fsp3) is 1.00. The predicted molar refractivity (Wildman–Crippen MR) is 41.5 cm³/mol. The van der Waals surface area contributed by atoms with Gasteiger partial charge >= 0.3 is 0 Å². The Morgan fingerprint density at radius 2 is 1.82 bits per heavy atom. The van der Waals surface area contributed by atoms with Crippen molar-refractivity contribution < 1.29 is 14.6 Å². The van der Waals surface area contributed by atoms with E-state index in [0.717, 1.165) is 19.8 Å². The number of hydrogen-bond acceptors (Lipinski definition) is 3. The highest BCUT2D eigenvalue weighted by atomic mass is 16.6. The summed E-state index contributed by atoms with van der Waals surface area (Å²) < 4.78 is 9.68. The van der Waals surface area contributed by atoms with Gasteiger partial charge in [-0.15, -0.1) is 0 Å². The number of hydrogen-bond donors (Lipinski definition) is 1. The molecule has 2 heterocycles. The van der Waals surface area contributed by atoms with Crippen molar-refractivity contribution in [2.75, 3.05) is 26.4 Å². The van der Waals surface area contributed by atoms with Crippen LogP contribution in [0.5, 0.6) is 0 Å². The summed E-state index contributed by atoms with van der Waals surface area (Å²) in [6.07, 6.45) is 4.12. The quantitative estimate of drug-likeness (QED) is 0.570. The van der Waals surface area contributed by atoms with Crippen molar-refractivity contribution in [2.45, 2.75) is 25.4 Å². The van der Waals surface area contributed by atoms with Gasteiger partial charge in [-0.05, 0) is 19.3 Å². The molecule has 0 radical (unpaired) electrons. The van der Waals surface area contributed by atoms with Gasteiger partial charge < -0.3 is 14.6 Å². The van der Waals surface area contributed by atoms with Crippen LogP contribution >= 0.6 is 0 Å². The molecule has 0 spiro atoms. The Morgan fingerprint density at radius 1 is 1.18 bits per heavy atom. The maximum atomic E-state index is 8.08. The Hall–Kier alpha value is -0.120. The van der Waals surface area contributed by atoms with E-state index in [4.69, 9.17) is 9.84 Å². The van der Waals surface area contributed by atoms with Crippen LogP contribution in [0.25, 0.3) is 0 Å². The van der Waals surface area contributed by atoms with Crippen molar-refractivity contribution in [3.05, 3.63) is 0 Å². The maximum Gasteiger partial charge on any atom is 0.104 e. The van der Waals surface area contributed by atoms with Crippen molar-refractivity contribution in [2.24, 2.45) is 0 Å². The van der Waals surface area contributed by atoms with Gasteiger partial charge in [0, 0.05) is 13.2 Å². The zero-order chi connectivity index (χ0) is 7.94. The molecular formula is C8H16O3. The van der Waals surface area contributed by atoms with Gasteiger partial charge in [0.1, 0.15) is 6.10 Å². The van der Waals surface area contributed by atoms with Gasteiger partial charge in [0.05, 0.1) is 13.2 Å². The lowest BCUT2D eigenvalue weighted by Gasteiger charge is -2.08. The van der Waals surface area contributed by atoms with E-state index in [1.165, 1.54) is 19.3 Å². The van der Waals surface area contributed by atoms with Crippen LogP contribution in [0.4, 0.5) is 0 Å². The number of rotatable bonds is 1. The second kappa shape index (κ2) is 5.52. The molecule has 1 unspecified atom stereocenters. The molecular weight excluding hydrogens is 144 g/mol. The Balaban J connectivity index is 0.000000112. The Morgan fingerprint density at radius 3 is 1.91 bits per heavy atom. The molecule has 2 rings (SSSR count). The molecule has 2 aliphatic rings. The van der Waals surface area contributed by atoms with Crippen molar-refractivity contribution in [1.29, 1.82) is 0 Å². The van der Waals surface area contributed by atoms with Gasteiger partial charge in [0.2, 0.25) is 0 Å². The van der Waals surface area contributed by atoms with E-state index in [0.29, 0.717) is 0 Å². The lowest BCUT2D eigenvalue weighted by Crippen LogP contribution is -2.03. The molecule has 1 atom stereocenters. The van der Waals surface area contributed by atoms with Gasteiger partial charge in [-0.1, -0.05) is 0 Å². The molecule has 2 saturated heterocycles. The number of aliphatic hydroxyl groups is 1. The van der Waals surface area contributed by atoms with Crippen LogP contribution in [0.2, 0.25) is 0 Å². The van der Waals surface area contributed by atoms with Gasteiger partial charge in [0.25, 0.3) is 0 Å². The van der Waals surface area contributed by atoms with Crippen LogP contribution in [0.1, 0.15) is 19.3 Å². The summed E-state index contributed by atoms with van der Waals surface area (Å²) in [5.74, 6) is 0. The van der Waals surface area contributed by atoms with Crippen LogP contribution < -0.4 is 0 Å². The third-order valence-electron chi connectivity index (χ3n) is 1.68. The fourth-order valence-corrected chi connectivity index (χ4v) is 0.861. The molecule has 11 heavy (non-hydrogen) atoms. The van der Waals surface area contributed by atoms with E-state index < -0.39 is 0 Å². The van der Waals surface area contributed by atoms with Gasteiger partial charge in [-0.25, -0.2) is 0 Å². The summed E-state index contributed by atoms with van der Waals surface area (Å²) in [6, 6.07) is 0. The largest absolute Gasteiger partial charge is 0.394 e. The maximum absolute atomic E-state index is 8.08. The third-order valence-corrected chi connectivity index (χ3v) is 1.68. The molecule has 0 aromatic rings. The van der Waals surface area contributed by atoms with Crippen LogP contribution in [-0.2, 0) is 9.47 Å². The van der Waals surface area contributed by atoms with Crippen molar-refractivity contribution in [1.82, 2.24) is 0 Å². The Kier molecular flexibility index (Phi) is 4.50. The van der Waals surface area contributed by atoms with Crippen LogP contribution in [0, 0.1) is 0 Å². The molecule has 66 valence electrons. The standard InChI is InChI=1S/C5H10O.C3H6O2/c1-2-4-6-5-3-1;4-1-3-2-5-3/h1-5H2;3-4H,1-2H2. The monoisotopic (exact) mass is 160 g/mol. The minimum Gasteiger partial charge on any atom is -0.394 e. The lowest BCUT2D eigenvalue weighted by molar-refractivity contribution is 0.0968. The Labute approximate surface area is 67.3 Å². The fourth-order valence-electron chi connectivity index (χ4n) is 0.861. The van der Waals surface area contributed by atoms with E-state index >= 15 is 0 Å². The summed E-state index contributed by atoms with van der Waals surface area (Å²) >= 11 is 0. The van der Waals surface area contributed by atoms with Gasteiger partial charge in [0.15, 0.2) is 0 Å². The van der Waals surface area contributed by atoms with E-state index in [9.17, 15) is 0 Å². The van der Waals surface area contributed by atoms with Crippen molar-refractivity contribution in [3.63, 3.8) is 0 Å². The average Bonchev–Trinajstić information content (AvgIpc) is 2.91. The molecule has 0 saturated carbocycles. The SMILES string of the molecule is C1CCOCC1.OCC1CO1. The number of aliphatic hydroxyl groups excluding tert-OH is 1. The molecule has 3 nitrogen and oxygen atoms in total. The first kappa shape index (κ1) is 8.97. The van der Waals surface area contributed by atoms with Gasteiger partial charge in [-0.2, -0.15) is 0 Å². The molecule has 0 aromatic carbocycles. The minimum absolute atomic E-state index is 0.190. The molecule has 3 heteroatoms. The van der Waals surface area contributed by atoms with E-state index in [1.54, 1.807) is 0 Å². The molecule has 0 aromatic heterocycles. The highest BCUT2D eigenvalue weighted by Crippen LogP contribution is 2.05. The molecule has 0 aliphatic carbocycles. The zero-order valence-electron chi connectivity index (χ0n) is 6.79.